The first-order valence-corrected chi connectivity index (χ1v) is 6.10. The molecule has 5 nitrogen and oxygen atoms in total. The Bertz CT molecular complexity index is 272. The number of amides is 1. The van der Waals surface area contributed by atoms with Crippen molar-refractivity contribution in [2.75, 3.05) is 13.2 Å². The van der Waals surface area contributed by atoms with Crippen LogP contribution in [0.1, 0.15) is 33.1 Å². The van der Waals surface area contributed by atoms with Crippen LogP contribution in [0, 0.1) is 11.8 Å². The van der Waals surface area contributed by atoms with Crippen LogP contribution in [0.4, 0.5) is 0 Å². The largest absolute Gasteiger partial charge is 0.481 e. The zero-order valence-electron chi connectivity index (χ0n) is 10.4. The molecule has 1 saturated heterocycles. The molecule has 5 heteroatoms. The van der Waals surface area contributed by atoms with Crippen molar-refractivity contribution < 1.29 is 19.4 Å². The van der Waals surface area contributed by atoms with Crippen molar-refractivity contribution in [3.63, 3.8) is 0 Å². The minimum atomic E-state index is -0.879. The molecule has 0 saturated carbocycles. The van der Waals surface area contributed by atoms with E-state index >= 15 is 0 Å². The summed E-state index contributed by atoms with van der Waals surface area (Å²) >= 11 is 0. The van der Waals surface area contributed by atoms with Crippen LogP contribution in [-0.4, -0.2) is 36.2 Å². The maximum Gasteiger partial charge on any atom is 0.305 e. The molecule has 0 aromatic heterocycles. The molecule has 1 aliphatic rings. The van der Waals surface area contributed by atoms with E-state index in [1.165, 1.54) is 0 Å². The van der Waals surface area contributed by atoms with Crippen molar-refractivity contribution in [2.45, 2.75) is 39.2 Å². The lowest BCUT2D eigenvalue weighted by Crippen LogP contribution is -2.44. The van der Waals surface area contributed by atoms with Crippen LogP contribution >= 0.6 is 0 Å². The molecule has 2 N–H and O–H groups in total. The van der Waals surface area contributed by atoms with Gasteiger partial charge in [0.05, 0.1) is 6.42 Å². The van der Waals surface area contributed by atoms with Gasteiger partial charge in [-0.15, -0.1) is 0 Å². The molecule has 0 aromatic rings. The Morgan fingerprint density at radius 1 is 1.35 bits per heavy atom. The van der Waals surface area contributed by atoms with Gasteiger partial charge in [0.25, 0.3) is 0 Å². The van der Waals surface area contributed by atoms with Crippen LogP contribution in [0.3, 0.4) is 0 Å². The summed E-state index contributed by atoms with van der Waals surface area (Å²) in [5, 5.41) is 11.6. The lowest BCUT2D eigenvalue weighted by molar-refractivity contribution is -0.138. The number of nitrogens with one attached hydrogen (secondary N) is 1. The highest BCUT2D eigenvalue weighted by atomic mass is 16.5. The van der Waals surface area contributed by atoms with E-state index in [-0.39, 0.29) is 30.2 Å². The predicted molar refractivity (Wildman–Crippen MR) is 62.6 cm³/mol. The molecule has 98 valence electrons. The van der Waals surface area contributed by atoms with Gasteiger partial charge < -0.3 is 15.2 Å². The fraction of sp³-hybridized carbons (Fsp3) is 0.833. The Labute approximate surface area is 102 Å². The molecule has 1 fully saturated rings. The number of hydrogen-bond acceptors (Lipinski definition) is 3. The summed E-state index contributed by atoms with van der Waals surface area (Å²) in [6.07, 6.45) is 1.43. The summed E-state index contributed by atoms with van der Waals surface area (Å²) < 4.78 is 5.19. The van der Waals surface area contributed by atoms with Gasteiger partial charge in [-0.1, -0.05) is 13.8 Å². The standard InChI is InChI=1S/C12H21NO4/c1-8(2)10(7-11(14)15)13-12(16)9-3-5-17-6-4-9/h8-10H,3-7H2,1-2H3,(H,13,16)(H,14,15). The maximum atomic E-state index is 11.9. The molecule has 1 unspecified atom stereocenters. The quantitative estimate of drug-likeness (QED) is 0.756. The van der Waals surface area contributed by atoms with E-state index < -0.39 is 5.97 Å². The van der Waals surface area contributed by atoms with E-state index in [2.05, 4.69) is 5.32 Å². The highest BCUT2D eigenvalue weighted by molar-refractivity contribution is 5.79. The first-order valence-electron chi connectivity index (χ1n) is 6.10. The maximum absolute atomic E-state index is 11.9. The van der Waals surface area contributed by atoms with Gasteiger partial charge >= 0.3 is 5.97 Å². The average Bonchev–Trinajstić information content (AvgIpc) is 2.28. The second-order valence-electron chi connectivity index (χ2n) is 4.84. The third-order valence-electron chi connectivity index (χ3n) is 3.12. The Morgan fingerprint density at radius 3 is 2.41 bits per heavy atom. The van der Waals surface area contributed by atoms with Gasteiger partial charge in [0.2, 0.25) is 5.91 Å². The molecule has 0 bridgehead atoms. The summed E-state index contributed by atoms with van der Waals surface area (Å²) in [6.45, 7) is 5.06. The predicted octanol–water partition coefficient (Wildman–Crippen LogP) is 1.03. The lowest BCUT2D eigenvalue weighted by atomic mass is 9.96. The first-order chi connectivity index (χ1) is 8.00. The van der Waals surface area contributed by atoms with E-state index in [1.54, 1.807) is 0 Å². The number of carboxylic acids is 1. The normalized spacial score (nSPS) is 19.0. The first kappa shape index (κ1) is 14.0. The third-order valence-corrected chi connectivity index (χ3v) is 3.12. The summed E-state index contributed by atoms with van der Waals surface area (Å²) in [5.74, 6) is -0.821. The lowest BCUT2D eigenvalue weighted by Gasteiger charge is -2.26. The molecule has 1 atom stereocenters. The van der Waals surface area contributed by atoms with Crippen LogP contribution in [0.5, 0.6) is 0 Å². The monoisotopic (exact) mass is 243 g/mol. The van der Waals surface area contributed by atoms with E-state index in [1.807, 2.05) is 13.8 Å². The van der Waals surface area contributed by atoms with Crippen LogP contribution in [0.2, 0.25) is 0 Å². The average molecular weight is 243 g/mol. The van der Waals surface area contributed by atoms with Gasteiger partial charge in [-0.05, 0) is 18.8 Å². The molecule has 0 aliphatic carbocycles. The zero-order valence-corrected chi connectivity index (χ0v) is 10.4. The number of rotatable bonds is 5. The summed E-state index contributed by atoms with van der Waals surface area (Å²) in [5.41, 5.74) is 0. The van der Waals surface area contributed by atoms with Gasteiger partial charge in [-0.3, -0.25) is 9.59 Å². The topological polar surface area (TPSA) is 75.6 Å². The second-order valence-corrected chi connectivity index (χ2v) is 4.84. The molecular formula is C12H21NO4. The van der Waals surface area contributed by atoms with Crippen LogP contribution in [0.25, 0.3) is 0 Å². The van der Waals surface area contributed by atoms with Gasteiger partial charge in [-0.2, -0.15) is 0 Å². The Hall–Kier alpha value is -1.10. The molecule has 0 spiro atoms. The van der Waals surface area contributed by atoms with Gasteiger partial charge in [0, 0.05) is 25.2 Å². The van der Waals surface area contributed by atoms with Gasteiger partial charge in [0.15, 0.2) is 0 Å². The second kappa shape index (κ2) is 6.59. The number of carboxylic acid groups (broad SMARTS) is 1. The molecule has 0 radical (unpaired) electrons. The third kappa shape index (κ3) is 4.73. The minimum absolute atomic E-state index is 0.0212. The zero-order chi connectivity index (χ0) is 12.8. The number of aliphatic carboxylic acids is 1. The number of carbonyl (C=O) groups excluding carboxylic acids is 1. The molecule has 1 rings (SSSR count). The van der Waals surface area contributed by atoms with Crippen LogP contribution in [-0.2, 0) is 14.3 Å². The minimum Gasteiger partial charge on any atom is -0.481 e. The van der Waals surface area contributed by atoms with Crippen molar-refractivity contribution in [2.24, 2.45) is 11.8 Å². The van der Waals surface area contributed by atoms with E-state index in [9.17, 15) is 9.59 Å². The molecule has 1 amide bonds. The highest BCUT2D eigenvalue weighted by Gasteiger charge is 2.25. The fourth-order valence-corrected chi connectivity index (χ4v) is 1.90. The van der Waals surface area contributed by atoms with E-state index in [0.29, 0.717) is 13.2 Å². The van der Waals surface area contributed by atoms with Crippen molar-refractivity contribution >= 4 is 11.9 Å². The molecule has 1 heterocycles. The smallest absolute Gasteiger partial charge is 0.305 e. The fourth-order valence-electron chi connectivity index (χ4n) is 1.90. The SMILES string of the molecule is CC(C)C(CC(=O)O)NC(=O)C1CCOCC1. The Morgan fingerprint density at radius 2 is 1.94 bits per heavy atom. The molecular weight excluding hydrogens is 222 g/mol. The molecule has 0 aromatic carbocycles. The summed E-state index contributed by atoms with van der Waals surface area (Å²) in [7, 11) is 0. The van der Waals surface area contributed by atoms with Gasteiger partial charge in [-0.25, -0.2) is 0 Å². The number of carbonyl (C=O) groups is 2. The van der Waals surface area contributed by atoms with Crippen LogP contribution < -0.4 is 5.32 Å². The van der Waals surface area contributed by atoms with Crippen molar-refractivity contribution in [1.82, 2.24) is 5.32 Å². The highest BCUT2D eigenvalue weighted by Crippen LogP contribution is 2.16. The molecule has 17 heavy (non-hydrogen) atoms. The van der Waals surface area contributed by atoms with Crippen molar-refractivity contribution in [3.05, 3.63) is 0 Å². The molecule has 1 aliphatic heterocycles. The Kier molecular flexibility index (Phi) is 5.41. The summed E-state index contributed by atoms with van der Waals surface area (Å²) in [4.78, 5) is 22.6. The van der Waals surface area contributed by atoms with Crippen LogP contribution in [0.15, 0.2) is 0 Å². The number of ether oxygens (including phenoxy) is 1. The van der Waals surface area contributed by atoms with E-state index in [0.717, 1.165) is 12.8 Å². The van der Waals surface area contributed by atoms with Gasteiger partial charge in [0.1, 0.15) is 0 Å². The summed E-state index contributed by atoms with van der Waals surface area (Å²) in [6, 6.07) is -0.289. The van der Waals surface area contributed by atoms with E-state index in [4.69, 9.17) is 9.84 Å². The van der Waals surface area contributed by atoms with Crippen molar-refractivity contribution in [1.29, 1.82) is 0 Å². The Balaban J connectivity index is 2.47. The number of hydrogen-bond donors (Lipinski definition) is 2. The van der Waals surface area contributed by atoms with Crippen molar-refractivity contribution in [3.8, 4) is 0 Å².